The molecule has 6 aromatic carbocycles. The van der Waals surface area contributed by atoms with Gasteiger partial charge in [-0.3, -0.25) is 20.2 Å². The predicted octanol–water partition coefficient (Wildman–Crippen LogP) is 15.5. The molecular formula is C72H81ClN12O8. The van der Waals surface area contributed by atoms with Gasteiger partial charge in [0.05, 0.1) is 34.1 Å². The molecule has 10 rings (SSSR count). The number of hydrogen-bond acceptors (Lipinski definition) is 13. The number of halogens is 1. The number of fused-ring (bicyclic) bond motifs is 2. The number of ether oxygens (including phenoxy) is 4. The summed E-state index contributed by atoms with van der Waals surface area (Å²) in [6.45, 7) is 24.4. The highest BCUT2D eigenvalue weighted by molar-refractivity contribution is 6.63. The lowest BCUT2D eigenvalue weighted by Crippen LogP contribution is -2.26. The van der Waals surface area contributed by atoms with Crippen molar-refractivity contribution in [2.45, 2.75) is 105 Å². The van der Waals surface area contributed by atoms with Crippen LogP contribution in [-0.4, -0.2) is 80.2 Å². The number of nitrogens with zero attached hydrogens (tertiary/aromatic N) is 6. The molecule has 10 aromatic rings. The standard InChI is InChI=1S/C36H40N6O4.C33H36N6O2.C3H5ClO2/c1-23-12-14-25(15-13-23)42-32(21-30(41-42)35(2,3)4)40-34(44)38-28-16-17-29(27-11-9-8-10-26(27)28)46-36(5,6)24-18-19-37-31(20-24)39-33(43)22-45-7;1-21-11-13-23(14-12-21)39-30(20-28(38-39)32(2,3)4)37-31(40)36-26-15-16-27(25-10-8-7-9-24(25)26)41-33(5,6)22-17-18-35-29(34)19-22;1-6-2-3(4)5/h8-21H,22H2,1-7H3,(H,37,39,43)(H2,38,40,44);7-20H,1-6H3,(H2,34,35)(H2,36,37,40);2H2,1H3. The number of carbonyl (C=O) groups is 4. The SMILES string of the molecule is COCC(=O)Cl.COCC(=O)Nc1cc(C(C)(C)Oc2ccc(NC(=O)Nc3cc(C(C)(C)C)nn3-c3ccc(C)cc3)c3ccccc23)ccn1.Cc1ccc(-n2nc(C(C)(C)C)cc2NC(=O)Nc2ccc(OC(C)(C)c3ccnc(N)c3)c3ccccc23)cc1. The molecular weight excluding hydrogens is 1200 g/mol. The molecule has 0 bridgehead atoms. The van der Waals surface area contributed by atoms with Gasteiger partial charge in [0.1, 0.15) is 59.2 Å². The number of anilines is 6. The Morgan fingerprint density at radius 2 is 0.892 bits per heavy atom. The van der Waals surface area contributed by atoms with Crippen LogP contribution >= 0.6 is 11.6 Å². The van der Waals surface area contributed by atoms with Gasteiger partial charge in [0.15, 0.2) is 0 Å². The summed E-state index contributed by atoms with van der Waals surface area (Å²) >= 11 is 4.81. The molecule has 0 saturated heterocycles. The van der Waals surface area contributed by atoms with Crippen LogP contribution in [0.4, 0.5) is 44.2 Å². The predicted molar refractivity (Wildman–Crippen MR) is 371 cm³/mol. The number of benzene rings is 6. The fraction of sp³-hybridized carbons (Fsp3) is 0.278. The van der Waals surface area contributed by atoms with E-state index >= 15 is 0 Å². The summed E-state index contributed by atoms with van der Waals surface area (Å²) in [6.07, 6.45) is 3.30. The first kappa shape index (κ1) is 68.8. The summed E-state index contributed by atoms with van der Waals surface area (Å²) in [4.78, 5) is 56.8. The number of aromatic nitrogens is 6. The molecule has 20 nitrogen and oxygen atoms in total. The molecule has 0 unspecified atom stereocenters. The van der Waals surface area contributed by atoms with Crippen LogP contribution in [0.2, 0.25) is 0 Å². The zero-order valence-electron chi connectivity index (χ0n) is 55.0. The van der Waals surface area contributed by atoms with Crippen molar-refractivity contribution >= 4 is 91.0 Å². The Morgan fingerprint density at radius 3 is 1.28 bits per heavy atom. The molecule has 21 heteroatoms. The number of carbonyl (C=O) groups excluding carboxylic acids is 4. The van der Waals surface area contributed by atoms with Crippen LogP contribution in [0.25, 0.3) is 32.9 Å². The molecule has 0 aliphatic rings. The molecule has 484 valence electrons. The summed E-state index contributed by atoms with van der Waals surface area (Å²) in [5.41, 5.74) is 12.8. The molecule has 4 heterocycles. The van der Waals surface area contributed by atoms with Gasteiger partial charge in [-0.1, -0.05) is 125 Å². The molecule has 0 aliphatic heterocycles. The summed E-state index contributed by atoms with van der Waals surface area (Å²) in [6, 6.07) is 49.4. The summed E-state index contributed by atoms with van der Waals surface area (Å²) < 4.78 is 25.8. The molecule has 0 fully saturated rings. The first-order valence-corrected chi connectivity index (χ1v) is 30.5. The molecule has 0 aliphatic carbocycles. The summed E-state index contributed by atoms with van der Waals surface area (Å²) in [7, 11) is 2.88. The molecule has 4 aromatic heterocycles. The zero-order chi connectivity index (χ0) is 67.4. The lowest BCUT2D eigenvalue weighted by molar-refractivity contribution is -0.119. The third kappa shape index (κ3) is 18.1. The number of nitrogens with two attached hydrogens (primary N) is 1. The van der Waals surface area contributed by atoms with Gasteiger partial charge in [-0.2, -0.15) is 10.2 Å². The largest absolute Gasteiger partial charge is 0.483 e. The number of aryl methyl sites for hydroxylation is 2. The third-order valence-electron chi connectivity index (χ3n) is 14.7. The second kappa shape index (κ2) is 29.4. The summed E-state index contributed by atoms with van der Waals surface area (Å²) in [5, 5.41) is 27.3. The maximum atomic E-state index is 13.4. The molecule has 5 amide bonds. The fourth-order valence-electron chi connectivity index (χ4n) is 9.70. The van der Waals surface area contributed by atoms with E-state index in [1.165, 1.54) is 14.2 Å². The first-order chi connectivity index (χ1) is 44.0. The third-order valence-corrected chi connectivity index (χ3v) is 14.8. The molecule has 0 radical (unpaired) electrons. The Balaban J connectivity index is 0.000000221. The first-order valence-electron chi connectivity index (χ1n) is 30.1. The van der Waals surface area contributed by atoms with Crippen molar-refractivity contribution in [3.8, 4) is 22.9 Å². The van der Waals surface area contributed by atoms with Crippen LogP contribution < -0.4 is 41.8 Å². The van der Waals surface area contributed by atoms with Crippen LogP contribution in [-0.2, 0) is 41.1 Å². The van der Waals surface area contributed by atoms with Crippen molar-refractivity contribution in [3.63, 3.8) is 0 Å². The average molecular weight is 1280 g/mol. The van der Waals surface area contributed by atoms with Crippen LogP contribution in [0.1, 0.15) is 103 Å². The van der Waals surface area contributed by atoms with E-state index in [4.69, 9.17) is 41.7 Å². The lowest BCUT2D eigenvalue weighted by atomic mass is 9.92. The highest BCUT2D eigenvalue weighted by atomic mass is 35.5. The lowest BCUT2D eigenvalue weighted by Gasteiger charge is -2.28. The molecule has 7 N–H and O–H groups in total. The topological polar surface area (TPSA) is 253 Å². The highest BCUT2D eigenvalue weighted by Gasteiger charge is 2.28. The van der Waals surface area contributed by atoms with Crippen molar-refractivity contribution < 1.29 is 38.1 Å². The van der Waals surface area contributed by atoms with Crippen molar-refractivity contribution in [3.05, 3.63) is 204 Å². The van der Waals surface area contributed by atoms with Crippen LogP contribution in [0, 0.1) is 13.8 Å². The van der Waals surface area contributed by atoms with E-state index in [0.717, 1.165) is 66.6 Å². The number of pyridine rings is 2. The van der Waals surface area contributed by atoms with Gasteiger partial charge < -0.3 is 40.6 Å². The number of rotatable bonds is 17. The minimum atomic E-state index is -0.780. The second-order valence-electron chi connectivity index (χ2n) is 25.2. The smallest absolute Gasteiger partial charge is 0.324 e. The van der Waals surface area contributed by atoms with Gasteiger partial charge in [0.2, 0.25) is 5.24 Å². The summed E-state index contributed by atoms with van der Waals surface area (Å²) in [5.74, 6) is 3.03. The van der Waals surface area contributed by atoms with Crippen molar-refractivity contribution in [1.29, 1.82) is 0 Å². The van der Waals surface area contributed by atoms with E-state index in [1.807, 2.05) is 193 Å². The van der Waals surface area contributed by atoms with Gasteiger partial charge in [0, 0.05) is 71.1 Å². The number of nitrogen functional groups attached to an aromatic ring is 1. The van der Waals surface area contributed by atoms with Crippen LogP contribution in [0.5, 0.6) is 11.5 Å². The van der Waals surface area contributed by atoms with Gasteiger partial charge in [-0.15, -0.1) is 0 Å². The normalized spacial score (nSPS) is 11.6. The van der Waals surface area contributed by atoms with Crippen LogP contribution in [0.3, 0.4) is 0 Å². The number of urea groups is 2. The maximum absolute atomic E-state index is 13.4. The molecule has 0 saturated carbocycles. The Hall–Kier alpha value is -10.2. The Labute approximate surface area is 547 Å². The van der Waals surface area contributed by atoms with E-state index in [2.05, 4.69) is 82.8 Å². The minimum Gasteiger partial charge on any atom is -0.483 e. The van der Waals surface area contributed by atoms with Crippen LogP contribution in [0.15, 0.2) is 170 Å². The Bertz CT molecular complexity index is 4280. The van der Waals surface area contributed by atoms with Crippen molar-refractivity contribution in [1.82, 2.24) is 29.5 Å². The number of nitrogens with one attached hydrogen (secondary N) is 5. The Morgan fingerprint density at radius 1 is 0.484 bits per heavy atom. The monoisotopic (exact) mass is 1280 g/mol. The van der Waals surface area contributed by atoms with Gasteiger partial charge in [-0.05, 0) is 137 Å². The average Bonchev–Trinajstić information content (AvgIpc) is 1.35. The van der Waals surface area contributed by atoms with Gasteiger partial charge in [-0.25, -0.2) is 28.9 Å². The Kier molecular flexibility index (Phi) is 21.8. The fourth-order valence-corrected chi connectivity index (χ4v) is 9.81. The quantitative estimate of drug-likeness (QED) is 0.0465. The molecule has 0 spiro atoms. The highest BCUT2D eigenvalue weighted by Crippen LogP contribution is 2.39. The van der Waals surface area contributed by atoms with Gasteiger partial charge >= 0.3 is 12.1 Å². The van der Waals surface area contributed by atoms with E-state index in [0.29, 0.717) is 46.1 Å². The number of methoxy groups -OCH3 is 2. The number of amides is 5. The minimum absolute atomic E-state index is 0.00154. The second-order valence-corrected chi connectivity index (χ2v) is 25.6. The molecule has 93 heavy (non-hydrogen) atoms. The maximum Gasteiger partial charge on any atom is 0.324 e. The van der Waals surface area contributed by atoms with Crippen molar-refractivity contribution in [2.24, 2.45) is 0 Å². The van der Waals surface area contributed by atoms with Gasteiger partial charge in [0.25, 0.3) is 5.91 Å². The van der Waals surface area contributed by atoms with E-state index in [-0.39, 0.29) is 36.0 Å². The van der Waals surface area contributed by atoms with E-state index < -0.39 is 22.5 Å². The van der Waals surface area contributed by atoms with E-state index in [1.54, 1.807) is 27.8 Å². The van der Waals surface area contributed by atoms with Crippen molar-refractivity contribution in [2.75, 3.05) is 59.8 Å². The zero-order valence-corrected chi connectivity index (χ0v) is 55.7. The van der Waals surface area contributed by atoms with E-state index in [9.17, 15) is 19.2 Å². The molecule has 0 atom stereocenters. The number of hydrogen-bond donors (Lipinski definition) is 6.